The number of aromatic nitrogens is 1. The zero-order chi connectivity index (χ0) is 11.8. The Kier molecular flexibility index (Phi) is 2.58. The van der Waals surface area contributed by atoms with Crippen molar-refractivity contribution >= 4 is 10.8 Å². The molecule has 2 rings (SSSR count). The highest BCUT2D eigenvalue weighted by molar-refractivity contribution is 5.82. The molecule has 2 nitrogen and oxygen atoms in total. The highest BCUT2D eigenvalue weighted by Gasteiger charge is 2.18. The van der Waals surface area contributed by atoms with Crippen LogP contribution >= 0.6 is 0 Å². The quantitative estimate of drug-likeness (QED) is 0.819. The molecule has 1 aromatic heterocycles. The number of benzene rings is 1. The predicted octanol–water partition coefficient (Wildman–Crippen LogP) is 3.22. The molecule has 1 heterocycles. The molecule has 2 heteroatoms. The molecule has 0 radical (unpaired) electrons. The van der Waals surface area contributed by atoms with Crippen molar-refractivity contribution in [1.29, 1.82) is 0 Å². The third-order valence-corrected chi connectivity index (χ3v) is 3.44. The fourth-order valence-corrected chi connectivity index (χ4v) is 1.82. The molecule has 0 saturated carbocycles. The first-order valence-corrected chi connectivity index (χ1v) is 5.66. The van der Waals surface area contributed by atoms with Crippen LogP contribution < -0.4 is 5.56 Å². The summed E-state index contributed by atoms with van der Waals surface area (Å²) in [4.78, 5) is 14.2. The average molecular weight is 215 g/mol. The first-order valence-electron chi connectivity index (χ1n) is 5.66. The van der Waals surface area contributed by atoms with Crippen LogP contribution in [0, 0.1) is 0 Å². The third-order valence-electron chi connectivity index (χ3n) is 3.44. The van der Waals surface area contributed by atoms with Gasteiger partial charge in [0, 0.05) is 11.6 Å². The first-order chi connectivity index (χ1) is 7.54. The molecule has 16 heavy (non-hydrogen) atoms. The van der Waals surface area contributed by atoms with E-state index in [1.165, 1.54) is 5.56 Å². The van der Waals surface area contributed by atoms with Crippen LogP contribution in [0.1, 0.15) is 32.8 Å². The molecule has 0 aliphatic heterocycles. The monoisotopic (exact) mass is 215 g/mol. The van der Waals surface area contributed by atoms with E-state index < -0.39 is 0 Å². The molecule has 0 aliphatic carbocycles. The predicted molar refractivity (Wildman–Crippen MR) is 67.9 cm³/mol. The zero-order valence-corrected chi connectivity index (χ0v) is 10.0. The topological polar surface area (TPSA) is 32.9 Å². The number of pyridine rings is 1. The second-order valence-corrected chi connectivity index (χ2v) is 4.85. The van der Waals surface area contributed by atoms with Gasteiger partial charge in [0.25, 0.3) is 5.56 Å². The number of nitrogens with one attached hydrogen (secondary N) is 1. The number of aromatic amines is 1. The summed E-state index contributed by atoms with van der Waals surface area (Å²) >= 11 is 0. The van der Waals surface area contributed by atoms with Crippen LogP contribution in [0.5, 0.6) is 0 Å². The zero-order valence-electron chi connectivity index (χ0n) is 10.0. The van der Waals surface area contributed by atoms with Crippen molar-refractivity contribution < 1.29 is 0 Å². The van der Waals surface area contributed by atoms with Gasteiger partial charge in [-0.25, -0.2) is 0 Å². The van der Waals surface area contributed by atoms with E-state index in [0.29, 0.717) is 0 Å². The van der Waals surface area contributed by atoms with Gasteiger partial charge in [0.1, 0.15) is 0 Å². The molecule has 0 spiro atoms. The van der Waals surface area contributed by atoms with Crippen LogP contribution in [-0.2, 0) is 5.41 Å². The Morgan fingerprint density at radius 1 is 1.25 bits per heavy atom. The van der Waals surface area contributed by atoms with Gasteiger partial charge in [-0.3, -0.25) is 4.79 Å². The maximum absolute atomic E-state index is 11.6. The van der Waals surface area contributed by atoms with Crippen LogP contribution in [-0.4, -0.2) is 4.98 Å². The van der Waals surface area contributed by atoms with E-state index in [-0.39, 0.29) is 11.0 Å². The van der Waals surface area contributed by atoms with Gasteiger partial charge in [-0.2, -0.15) is 0 Å². The largest absolute Gasteiger partial charge is 0.329 e. The van der Waals surface area contributed by atoms with Gasteiger partial charge in [0.15, 0.2) is 0 Å². The fourth-order valence-electron chi connectivity index (χ4n) is 1.82. The van der Waals surface area contributed by atoms with Gasteiger partial charge < -0.3 is 4.98 Å². The molecule has 1 N–H and O–H groups in total. The van der Waals surface area contributed by atoms with E-state index in [9.17, 15) is 4.79 Å². The molecule has 0 aliphatic rings. The molecule has 0 saturated heterocycles. The summed E-state index contributed by atoms with van der Waals surface area (Å²) in [5, 5.41) is 1.78. The van der Waals surface area contributed by atoms with Crippen LogP contribution in [0.2, 0.25) is 0 Å². The van der Waals surface area contributed by atoms with Gasteiger partial charge >= 0.3 is 0 Å². The molecule has 84 valence electrons. The lowest BCUT2D eigenvalue weighted by molar-refractivity contribution is 0.507. The number of hydrogen-bond donors (Lipinski definition) is 1. The van der Waals surface area contributed by atoms with E-state index in [0.717, 1.165) is 17.2 Å². The molecule has 0 bridgehead atoms. The lowest BCUT2D eigenvalue weighted by Crippen LogP contribution is -2.15. The number of rotatable bonds is 2. The molecule has 1 aromatic carbocycles. The van der Waals surface area contributed by atoms with Crippen molar-refractivity contribution in [3.63, 3.8) is 0 Å². The highest BCUT2D eigenvalue weighted by Crippen LogP contribution is 2.28. The molecule has 2 aromatic rings. The minimum absolute atomic E-state index is 0.0154. The summed E-state index contributed by atoms with van der Waals surface area (Å²) < 4.78 is 0. The molecular weight excluding hydrogens is 198 g/mol. The van der Waals surface area contributed by atoms with Gasteiger partial charge in [-0.15, -0.1) is 0 Å². The lowest BCUT2D eigenvalue weighted by atomic mass is 9.81. The Bertz CT molecular complexity index is 566. The minimum atomic E-state index is -0.0154. The normalized spacial score (nSPS) is 11.9. The highest BCUT2D eigenvalue weighted by atomic mass is 16.1. The van der Waals surface area contributed by atoms with E-state index in [2.05, 4.69) is 37.9 Å². The molecule has 0 amide bonds. The second-order valence-electron chi connectivity index (χ2n) is 4.85. The number of fused-ring (bicyclic) bond motifs is 1. The van der Waals surface area contributed by atoms with Crippen LogP contribution in [0.3, 0.4) is 0 Å². The molecule has 0 atom stereocenters. The standard InChI is InChI=1S/C14H17NO/c1-4-14(2,3)11-5-6-12-10(9-11)7-8-15-13(12)16/h5-9H,4H2,1-3H3,(H,15,16). The van der Waals surface area contributed by atoms with Crippen LogP contribution in [0.25, 0.3) is 10.8 Å². The van der Waals surface area contributed by atoms with E-state index in [1.807, 2.05) is 12.1 Å². The maximum atomic E-state index is 11.6. The van der Waals surface area contributed by atoms with Crippen molar-refractivity contribution in [2.45, 2.75) is 32.6 Å². The molecular formula is C14H17NO. The smallest absolute Gasteiger partial charge is 0.255 e. The van der Waals surface area contributed by atoms with Crippen molar-refractivity contribution in [1.82, 2.24) is 4.98 Å². The Hall–Kier alpha value is -1.57. The van der Waals surface area contributed by atoms with E-state index >= 15 is 0 Å². The van der Waals surface area contributed by atoms with Crippen molar-refractivity contribution in [2.75, 3.05) is 0 Å². The Morgan fingerprint density at radius 3 is 2.69 bits per heavy atom. The summed E-state index contributed by atoms with van der Waals surface area (Å²) in [5.41, 5.74) is 1.43. The van der Waals surface area contributed by atoms with Crippen molar-refractivity contribution in [3.05, 3.63) is 46.4 Å². The summed E-state index contributed by atoms with van der Waals surface area (Å²) in [6.07, 6.45) is 2.79. The van der Waals surface area contributed by atoms with Gasteiger partial charge in [0.2, 0.25) is 0 Å². The second kappa shape index (κ2) is 3.78. The number of hydrogen-bond acceptors (Lipinski definition) is 1. The molecule has 0 unspecified atom stereocenters. The van der Waals surface area contributed by atoms with E-state index in [4.69, 9.17) is 0 Å². The Labute approximate surface area is 95.3 Å². The lowest BCUT2D eigenvalue weighted by Gasteiger charge is -2.23. The van der Waals surface area contributed by atoms with Crippen molar-refractivity contribution in [2.24, 2.45) is 0 Å². The first kappa shape index (κ1) is 10.9. The van der Waals surface area contributed by atoms with E-state index in [1.54, 1.807) is 6.20 Å². The Balaban J connectivity index is 2.66. The summed E-state index contributed by atoms with van der Waals surface area (Å²) in [6, 6.07) is 8.04. The number of H-pyrrole nitrogens is 1. The average Bonchev–Trinajstić information content (AvgIpc) is 2.29. The molecule has 0 fully saturated rings. The SMILES string of the molecule is CCC(C)(C)c1ccc2c(=O)[nH]ccc2c1. The third kappa shape index (κ3) is 1.75. The fraction of sp³-hybridized carbons (Fsp3) is 0.357. The van der Waals surface area contributed by atoms with Crippen LogP contribution in [0.4, 0.5) is 0 Å². The Morgan fingerprint density at radius 2 is 2.00 bits per heavy atom. The maximum Gasteiger partial charge on any atom is 0.255 e. The summed E-state index contributed by atoms with van der Waals surface area (Å²) in [7, 11) is 0. The van der Waals surface area contributed by atoms with Crippen LogP contribution in [0.15, 0.2) is 35.3 Å². The van der Waals surface area contributed by atoms with Crippen molar-refractivity contribution in [3.8, 4) is 0 Å². The summed E-state index contributed by atoms with van der Waals surface area (Å²) in [6.45, 7) is 6.63. The minimum Gasteiger partial charge on any atom is -0.329 e. The van der Waals surface area contributed by atoms with Gasteiger partial charge in [-0.1, -0.05) is 32.9 Å². The van der Waals surface area contributed by atoms with Gasteiger partial charge in [0.05, 0.1) is 0 Å². The summed E-state index contributed by atoms with van der Waals surface area (Å²) in [5.74, 6) is 0. The van der Waals surface area contributed by atoms with Gasteiger partial charge in [-0.05, 0) is 34.9 Å².